The molecule has 0 spiro atoms. The zero-order valence-corrected chi connectivity index (χ0v) is 21.2. The summed E-state index contributed by atoms with van der Waals surface area (Å²) in [4.78, 5) is 9.78. The van der Waals surface area contributed by atoms with E-state index in [-0.39, 0.29) is 11.4 Å². The Morgan fingerprint density at radius 2 is 1.63 bits per heavy atom. The fourth-order valence-corrected chi connectivity index (χ4v) is 6.43. The van der Waals surface area contributed by atoms with Crippen molar-refractivity contribution in [2.45, 2.75) is 18.4 Å². The molecule has 1 aliphatic heterocycles. The molecule has 0 fully saturated rings. The molecule has 172 valence electrons. The number of benzene rings is 3. The minimum absolute atomic E-state index is 0.169. The van der Waals surface area contributed by atoms with E-state index in [0.717, 1.165) is 43.4 Å². The summed E-state index contributed by atoms with van der Waals surface area (Å²) in [5, 5.41) is 0.872. The van der Waals surface area contributed by atoms with Gasteiger partial charge in [-0.3, -0.25) is 4.31 Å². The van der Waals surface area contributed by atoms with Crippen molar-refractivity contribution in [3.63, 3.8) is 0 Å². The van der Waals surface area contributed by atoms with Gasteiger partial charge in [-0.2, -0.15) is 0 Å². The third kappa shape index (κ3) is 3.63. The van der Waals surface area contributed by atoms with E-state index in [1.165, 1.54) is 4.31 Å². The highest BCUT2D eigenvalue weighted by Crippen LogP contribution is 2.46. The first-order valence-electron chi connectivity index (χ1n) is 11.2. The smallest absolute Gasteiger partial charge is 0.261 e. The molecule has 3 heterocycles. The van der Waals surface area contributed by atoms with Crippen molar-refractivity contribution in [2.75, 3.05) is 4.31 Å². The maximum atomic E-state index is 13.9. The summed E-state index contributed by atoms with van der Waals surface area (Å²) in [5.74, 6) is 0. The third-order valence-electron chi connectivity index (χ3n) is 6.31. The van der Waals surface area contributed by atoms with Gasteiger partial charge in [0.05, 0.1) is 22.8 Å². The highest BCUT2D eigenvalue weighted by Gasteiger charge is 2.34. The number of fused-ring (bicyclic) bond motifs is 4. The van der Waals surface area contributed by atoms with Gasteiger partial charge in [-0.25, -0.2) is 18.4 Å². The van der Waals surface area contributed by atoms with E-state index in [0.29, 0.717) is 11.3 Å². The fraction of sp³-hybridized carbons (Fsp3) is 0.0714. The maximum Gasteiger partial charge on any atom is 0.264 e. The Kier molecular flexibility index (Phi) is 5.20. The molecule has 2 aromatic heterocycles. The molecule has 0 saturated heterocycles. The second-order valence-corrected chi connectivity index (χ2v) is 11.3. The maximum absolute atomic E-state index is 13.9. The third-order valence-corrected chi connectivity index (χ3v) is 8.52. The first-order chi connectivity index (χ1) is 16.9. The lowest BCUT2D eigenvalue weighted by Gasteiger charge is -2.33. The van der Waals surface area contributed by atoms with Gasteiger partial charge in [0.15, 0.2) is 5.65 Å². The van der Waals surface area contributed by atoms with Gasteiger partial charge in [0, 0.05) is 27.2 Å². The van der Waals surface area contributed by atoms with Crippen molar-refractivity contribution in [2.24, 2.45) is 0 Å². The van der Waals surface area contributed by atoms with Crippen LogP contribution >= 0.6 is 15.9 Å². The Bertz CT molecular complexity index is 1700. The molecule has 7 heteroatoms. The minimum atomic E-state index is -3.81. The number of pyridine rings is 2. The summed E-state index contributed by atoms with van der Waals surface area (Å²) in [6.07, 6.45) is 1.74. The largest absolute Gasteiger partial charge is 0.264 e. The molecule has 5 aromatic rings. The quantitative estimate of drug-likeness (QED) is 0.253. The number of hydrogen-bond acceptors (Lipinski definition) is 4. The number of sulfonamides is 1. The molecule has 0 unspecified atom stereocenters. The summed E-state index contributed by atoms with van der Waals surface area (Å²) in [5.41, 5.74) is 6.57. The van der Waals surface area contributed by atoms with Crippen molar-refractivity contribution < 1.29 is 8.42 Å². The zero-order chi connectivity index (χ0) is 24.2. The van der Waals surface area contributed by atoms with Crippen LogP contribution in [0.25, 0.3) is 33.4 Å². The number of aromatic nitrogens is 2. The molecule has 35 heavy (non-hydrogen) atoms. The van der Waals surface area contributed by atoms with E-state index in [1.54, 1.807) is 18.3 Å². The Balaban J connectivity index is 1.67. The first-order valence-corrected chi connectivity index (χ1v) is 13.4. The van der Waals surface area contributed by atoms with Gasteiger partial charge < -0.3 is 0 Å². The zero-order valence-electron chi connectivity index (χ0n) is 18.8. The van der Waals surface area contributed by atoms with Crippen LogP contribution in [0.4, 0.5) is 5.69 Å². The van der Waals surface area contributed by atoms with E-state index in [4.69, 9.17) is 4.98 Å². The lowest BCUT2D eigenvalue weighted by atomic mass is 9.90. The minimum Gasteiger partial charge on any atom is -0.261 e. The van der Waals surface area contributed by atoms with Crippen LogP contribution in [-0.4, -0.2) is 18.4 Å². The SMILES string of the molecule is Cc1ccc(S(=O)(=O)N2Cc3c(nc4ncc(Br)cc4c3-c3ccccc3)-c3ccccc32)cc1. The predicted molar refractivity (Wildman–Crippen MR) is 143 cm³/mol. The molecule has 0 aliphatic carbocycles. The van der Waals surface area contributed by atoms with Crippen LogP contribution in [0.15, 0.2) is 100 Å². The molecule has 0 bridgehead atoms. The Morgan fingerprint density at radius 3 is 2.40 bits per heavy atom. The van der Waals surface area contributed by atoms with Crippen molar-refractivity contribution in [1.82, 2.24) is 9.97 Å². The summed E-state index contributed by atoms with van der Waals surface area (Å²) in [6.45, 7) is 2.11. The molecule has 0 atom stereocenters. The normalized spacial score (nSPS) is 12.9. The van der Waals surface area contributed by atoms with Crippen molar-refractivity contribution in [3.05, 3.63) is 107 Å². The summed E-state index contributed by atoms with van der Waals surface area (Å²) in [6, 6.07) is 26.5. The average molecular weight is 542 g/mol. The number of halogens is 1. The monoisotopic (exact) mass is 541 g/mol. The second kappa shape index (κ2) is 8.29. The molecular formula is C28H20BrN3O2S. The highest BCUT2D eigenvalue weighted by molar-refractivity contribution is 9.10. The van der Waals surface area contributed by atoms with Crippen molar-refractivity contribution >= 4 is 42.7 Å². The lowest BCUT2D eigenvalue weighted by molar-refractivity contribution is 0.590. The lowest BCUT2D eigenvalue weighted by Crippen LogP contribution is -2.33. The summed E-state index contributed by atoms with van der Waals surface area (Å²) < 4.78 is 30.2. The summed E-state index contributed by atoms with van der Waals surface area (Å²) in [7, 11) is -3.81. The number of nitrogens with zero attached hydrogens (tertiary/aromatic N) is 3. The van der Waals surface area contributed by atoms with Crippen LogP contribution in [0.2, 0.25) is 0 Å². The van der Waals surface area contributed by atoms with Crippen LogP contribution in [0.3, 0.4) is 0 Å². The van der Waals surface area contributed by atoms with Gasteiger partial charge in [0.25, 0.3) is 10.0 Å². The Morgan fingerprint density at radius 1 is 0.914 bits per heavy atom. The van der Waals surface area contributed by atoms with Gasteiger partial charge in [0.1, 0.15) is 0 Å². The molecular weight excluding hydrogens is 522 g/mol. The number of rotatable bonds is 3. The van der Waals surface area contributed by atoms with Gasteiger partial charge in [-0.15, -0.1) is 0 Å². The Hall–Kier alpha value is -3.55. The molecule has 3 aromatic carbocycles. The van der Waals surface area contributed by atoms with E-state index in [9.17, 15) is 8.42 Å². The molecule has 0 amide bonds. The number of para-hydroxylation sites is 1. The molecule has 5 nitrogen and oxygen atoms in total. The van der Waals surface area contributed by atoms with Gasteiger partial charge in [-0.05, 0) is 58.2 Å². The highest BCUT2D eigenvalue weighted by atomic mass is 79.9. The molecule has 0 radical (unpaired) electrons. The van der Waals surface area contributed by atoms with E-state index in [2.05, 4.69) is 20.9 Å². The fourth-order valence-electron chi connectivity index (χ4n) is 4.64. The molecule has 0 saturated carbocycles. The van der Waals surface area contributed by atoms with Crippen molar-refractivity contribution in [3.8, 4) is 22.4 Å². The van der Waals surface area contributed by atoms with Crippen LogP contribution in [0.5, 0.6) is 0 Å². The summed E-state index contributed by atoms with van der Waals surface area (Å²) >= 11 is 3.54. The first kappa shape index (κ1) is 21.9. The molecule has 0 N–H and O–H groups in total. The molecule has 1 aliphatic rings. The molecule has 6 rings (SSSR count). The van der Waals surface area contributed by atoms with Gasteiger partial charge >= 0.3 is 0 Å². The van der Waals surface area contributed by atoms with Gasteiger partial charge in [0.2, 0.25) is 0 Å². The van der Waals surface area contributed by atoms with Crippen LogP contribution in [0, 0.1) is 6.92 Å². The van der Waals surface area contributed by atoms with E-state index < -0.39 is 10.0 Å². The predicted octanol–water partition coefficient (Wildman–Crippen LogP) is 6.74. The van der Waals surface area contributed by atoms with Gasteiger partial charge in [-0.1, -0.05) is 66.2 Å². The number of anilines is 1. The van der Waals surface area contributed by atoms with Crippen LogP contribution in [-0.2, 0) is 16.6 Å². The Labute approximate surface area is 212 Å². The topological polar surface area (TPSA) is 63.2 Å². The number of hydrogen-bond donors (Lipinski definition) is 0. The standard InChI is InChI=1S/C28H20BrN3O2S/c1-18-11-13-21(14-12-18)35(33,34)32-17-24-26(19-7-3-2-4-8-19)23-15-20(29)16-30-28(23)31-27(24)22-9-5-6-10-25(22)32/h2-16H,17H2,1H3. The second-order valence-electron chi connectivity index (χ2n) is 8.55. The number of aryl methyl sites for hydroxylation is 1. The van der Waals surface area contributed by atoms with E-state index in [1.807, 2.05) is 79.7 Å². The van der Waals surface area contributed by atoms with E-state index >= 15 is 0 Å². The average Bonchev–Trinajstić information content (AvgIpc) is 2.87. The van der Waals surface area contributed by atoms with Crippen LogP contribution < -0.4 is 4.31 Å². The van der Waals surface area contributed by atoms with Crippen LogP contribution in [0.1, 0.15) is 11.1 Å². The van der Waals surface area contributed by atoms with Crippen molar-refractivity contribution in [1.29, 1.82) is 0 Å².